The Morgan fingerprint density at radius 1 is 1.29 bits per heavy atom. The first-order valence-electron chi connectivity index (χ1n) is 5.34. The SMILES string of the molecule is CNCC(=O)Nc1ccc(-c2ccn[nH]2)cc1. The number of amides is 1. The normalized spacial score (nSPS) is 10.2. The van der Waals surface area contributed by atoms with Crippen molar-refractivity contribution in [3.63, 3.8) is 0 Å². The van der Waals surface area contributed by atoms with Gasteiger partial charge in [-0.15, -0.1) is 0 Å². The van der Waals surface area contributed by atoms with Crippen LogP contribution < -0.4 is 10.6 Å². The molecule has 1 heterocycles. The van der Waals surface area contributed by atoms with Crippen LogP contribution in [-0.4, -0.2) is 29.7 Å². The summed E-state index contributed by atoms with van der Waals surface area (Å²) in [4.78, 5) is 11.3. The monoisotopic (exact) mass is 230 g/mol. The summed E-state index contributed by atoms with van der Waals surface area (Å²) in [7, 11) is 1.74. The molecule has 0 atom stereocenters. The van der Waals surface area contributed by atoms with Gasteiger partial charge in [0.2, 0.25) is 5.91 Å². The molecule has 2 rings (SSSR count). The molecule has 1 amide bonds. The van der Waals surface area contributed by atoms with E-state index in [1.54, 1.807) is 13.2 Å². The fraction of sp³-hybridized carbons (Fsp3) is 0.167. The Balaban J connectivity index is 2.06. The molecule has 88 valence electrons. The predicted octanol–water partition coefficient (Wildman–Crippen LogP) is 1.23. The van der Waals surface area contributed by atoms with Crippen LogP contribution in [0.4, 0.5) is 5.69 Å². The third kappa shape index (κ3) is 2.92. The molecule has 2 aromatic rings. The first-order valence-corrected chi connectivity index (χ1v) is 5.34. The molecule has 0 aliphatic heterocycles. The van der Waals surface area contributed by atoms with Crippen molar-refractivity contribution in [2.45, 2.75) is 0 Å². The van der Waals surface area contributed by atoms with Crippen molar-refractivity contribution >= 4 is 11.6 Å². The van der Waals surface area contributed by atoms with E-state index in [2.05, 4.69) is 20.8 Å². The first kappa shape index (κ1) is 11.3. The summed E-state index contributed by atoms with van der Waals surface area (Å²) in [6, 6.07) is 9.49. The number of hydrogen-bond acceptors (Lipinski definition) is 3. The van der Waals surface area contributed by atoms with Crippen molar-refractivity contribution in [1.82, 2.24) is 15.5 Å². The molecule has 0 spiro atoms. The lowest BCUT2D eigenvalue weighted by atomic mass is 10.1. The maximum atomic E-state index is 11.3. The summed E-state index contributed by atoms with van der Waals surface area (Å²) < 4.78 is 0. The quantitative estimate of drug-likeness (QED) is 0.740. The summed E-state index contributed by atoms with van der Waals surface area (Å²) in [6.07, 6.45) is 1.71. The Morgan fingerprint density at radius 2 is 2.06 bits per heavy atom. The van der Waals surface area contributed by atoms with Crippen molar-refractivity contribution < 1.29 is 4.79 Å². The van der Waals surface area contributed by atoms with Crippen LogP contribution in [0.2, 0.25) is 0 Å². The van der Waals surface area contributed by atoms with Gasteiger partial charge in [0.1, 0.15) is 0 Å². The molecular formula is C12H14N4O. The van der Waals surface area contributed by atoms with Crippen LogP contribution >= 0.6 is 0 Å². The minimum absolute atomic E-state index is 0.0539. The second-order valence-electron chi connectivity index (χ2n) is 3.63. The largest absolute Gasteiger partial charge is 0.325 e. The van der Waals surface area contributed by atoms with Crippen LogP contribution in [0.3, 0.4) is 0 Å². The van der Waals surface area contributed by atoms with Crippen LogP contribution in [-0.2, 0) is 4.79 Å². The molecule has 0 saturated carbocycles. The average Bonchev–Trinajstić information content (AvgIpc) is 2.84. The number of carbonyl (C=O) groups excluding carboxylic acids is 1. The molecule has 0 aliphatic rings. The molecule has 17 heavy (non-hydrogen) atoms. The van der Waals surface area contributed by atoms with Gasteiger partial charge in [-0.1, -0.05) is 12.1 Å². The fourth-order valence-corrected chi connectivity index (χ4v) is 1.52. The minimum atomic E-state index is -0.0539. The van der Waals surface area contributed by atoms with Crippen LogP contribution in [0.1, 0.15) is 0 Å². The van der Waals surface area contributed by atoms with Crippen molar-refractivity contribution in [2.24, 2.45) is 0 Å². The summed E-state index contributed by atoms with van der Waals surface area (Å²) in [5.41, 5.74) is 2.78. The van der Waals surface area contributed by atoms with Gasteiger partial charge in [0.25, 0.3) is 0 Å². The van der Waals surface area contributed by atoms with Crippen molar-refractivity contribution in [2.75, 3.05) is 18.9 Å². The lowest BCUT2D eigenvalue weighted by Crippen LogP contribution is -2.24. The van der Waals surface area contributed by atoms with Gasteiger partial charge in [0.05, 0.1) is 12.2 Å². The number of nitrogens with one attached hydrogen (secondary N) is 3. The van der Waals surface area contributed by atoms with E-state index in [-0.39, 0.29) is 5.91 Å². The maximum absolute atomic E-state index is 11.3. The molecule has 0 fully saturated rings. The zero-order valence-corrected chi connectivity index (χ0v) is 9.53. The predicted molar refractivity (Wildman–Crippen MR) is 66.6 cm³/mol. The Kier molecular flexibility index (Phi) is 3.52. The molecule has 3 N–H and O–H groups in total. The van der Waals surface area contributed by atoms with Gasteiger partial charge in [-0.3, -0.25) is 9.89 Å². The van der Waals surface area contributed by atoms with Gasteiger partial charge in [-0.25, -0.2) is 0 Å². The number of carbonyl (C=O) groups is 1. The van der Waals surface area contributed by atoms with E-state index in [0.29, 0.717) is 6.54 Å². The van der Waals surface area contributed by atoms with Gasteiger partial charge in [0, 0.05) is 11.9 Å². The van der Waals surface area contributed by atoms with E-state index in [1.165, 1.54) is 0 Å². The number of H-pyrrole nitrogens is 1. The summed E-state index contributed by atoms with van der Waals surface area (Å²) >= 11 is 0. The van der Waals surface area contributed by atoms with Crippen LogP contribution in [0, 0.1) is 0 Å². The van der Waals surface area contributed by atoms with Gasteiger partial charge in [-0.05, 0) is 30.8 Å². The summed E-state index contributed by atoms with van der Waals surface area (Å²) in [5.74, 6) is -0.0539. The standard InChI is InChI=1S/C12H14N4O/c1-13-8-12(17)15-10-4-2-9(3-5-10)11-6-7-14-16-11/h2-7,13H,8H2,1H3,(H,14,16)(H,15,17). The summed E-state index contributed by atoms with van der Waals surface area (Å²) in [6.45, 7) is 0.308. The smallest absolute Gasteiger partial charge is 0.238 e. The third-order valence-electron chi connectivity index (χ3n) is 2.32. The molecule has 1 aromatic carbocycles. The molecular weight excluding hydrogens is 216 g/mol. The number of likely N-dealkylation sites (N-methyl/N-ethyl adjacent to an activating group) is 1. The van der Waals surface area contributed by atoms with Crippen molar-refractivity contribution in [1.29, 1.82) is 0 Å². The summed E-state index contributed by atoms with van der Waals surface area (Å²) in [5, 5.41) is 12.4. The highest BCUT2D eigenvalue weighted by Crippen LogP contribution is 2.18. The van der Waals surface area contributed by atoms with E-state index in [4.69, 9.17) is 0 Å². The fourth-order valence-electron chi connectivity index (χ4n) is 1.52. The highest BCUT2D eigenvalue weighted by Gasteiger charge is 2.02. The second-order valence-corrected chi connectivity index (χ2v) is 3.63. The molecule has 0 aliphatic carbocycles. The second kappa shape index (κ2) is 5.27. The van der Waals surface area contributed by atoms with Gasteiger partial charge < -0.3 is 10.6 Å². The molecule has 0 radical (unpaired) electrons. The number of rotatable bonds is 4. The first-order chi connectivity index (χ1) is 8.29. The van der Waals surface area contributed by atoms with Crippen molar-refractivity contribution in [3.8, 4) is 11.3 Å². The molecule has 5 nitrogen and oxygen atoms in total. The van der Waals surface area contributed by atoms with E-state index >= 15 is 0 Å². The maximum Gasteiger partial charge on any atom is 0.238 e. The van der Waals surface area contributed by atoms with E-state index < -0.39 is 0 Å². The topological polar surface area (TPSA) is 69.8 Å². The van der Waals surface area contributed by atoms with Crippen molar-refractivity contribution in [3.05, 3.63) is 36.5 Å². The van der Waals surface area contributed by atoms with E-state index in [9.17, 15) is 4.79 Å². The Morgan fingerprint density at radius 3 is 2.65 bits per heavy atom. The van der Waals surface area contributed by atoms with Gasteiger partial charge in [0.15, 0.2) is 0 Å². The zero-order valence-electron chi connectivity index (χ0n) is 9.53. The highest BCUT2D eigenvalue weighted by atomic mass is 16.1. The minimum Gasteiger partial charge on any atom is -0.325 e. The number of benzene rings is 1. The van der Waals surface area contributed by atoms with E-state index in [0.717, 1.165) is 16.9 Å². The van der Waals surface area contributed by atoms with Gasteiger partial charge in [-0.2, -0.15) is 5.10 Å². The number of aromatic nitrogens is 2. The number of hydrogen-bond donors (Lipinski definition) is 3. The number of anilines is 1. The zero-order chi connectivity index (χ0) is 12.1. The van der Waals surface area contributed by atoms with E-state index in [1.807, 2.05) is 30.3 Å². The molecule has 5 heteroatoms. The molecule has 0 bridgehead atoms. The molecule has 0 unspecified atom stereocenters. The van der Waals surface area contributed by atoms with Crippen LogP contribution in [0.25, 0.3) is 11.3 Å². The van der Waals surface area contributed by atoms with Crippen LogP contribution in [0.15, 0.2) is 36.5 Å². The molecule has 1 aromatic heterocycles. The Hall–Kier alpha value is -2.14. The Bertz CT molecular complexity index is 476. The number of nitrogens with zero attached hydrogens (tertiary/aromatic N) is 1. The van der Waals surface area contributed by atoms with Gasteiger partial charge >= 0.3 is 0 Å². The highest BCUT2D eigenvalue weighted by molar-refractivity contribution is 5.92. The molecule has 0 saturated heterocycles. The third-order valence-corrected chi connectivity index (χ3v) is 2.32. The lowest BCUT2D eigenvalue weighted by molar-refractivity contribution is -0.115. The van der Waals surface area contributed by atoms with Crippen LogP contribution in [0.5, 0.6) is 0 Å². The number of aromatic amines is 1. The Labute approximate surface area is 99.2 Å². The lowest BCUT2D eigenvalue weighted by Gasteiger charge is -2.05. The average molecular weight is 230 g/mol.